The topological polar surface area (TPSA) is 154 Å². The molecule has 1 aromatic rings. The Balaban J connectivity index is 1.78. The third-order valence-corrected chi connectivity index (χ3v) is 8.90. The Morgan fingerprint density at radius 1 is 0.487 bits per heavy atom. The van der Waals surface area contributed by atoms with E-state index in [0.29, 0.717) is 38.5 Å². The maximum absolute atomic E-state index is 13.7. The van der Waals surface area contributed by atoms with E-state index in [4.69, 9.17) is 0 Å². The molecule has 3 aliphatic rings. The summed E-state index contributed by atoms with van der Waals surface area (Å²) in [7, 11) is 0. The summed E-state index contributed by atoms with van der Waals surface area (Å²) in [5, 5.41) is 0. The fraction of sp³-hybridized carbons (Fsp3) is 0.778. The molecule has 0 aliphatic heterocycles. The van der Waals surface area contributed by atoms with Crippen LogP contribution in [0.1, 0.15) is 77.0 Å². The molecule has 210 valence electrons. The number of aliphatic imine (C=N–C) groups is 3. The van der Waals surface area contributed by atoms with Gasteiger partial charge in [-0.25, -0.2) is 57.4 Å². The first-order chi connectivity index (χ1) is 19.0. The number of nitrogens with zero attached hydrogens (tertiary/aromatic N) is 6. The maximum Gasteiger partial charge on any atom is 0.336 e. The number of carbonyl (C=O) groups excluding carboxylic acids is 3. The predicted octanol–water partition coefficient (Wildman–Crippen LogP) is 1.86. The molecule has 0 spiro atoms. The third kappa shape index (κ3) is 6.59. The second kappa shape index (κ2) is 13.6. The molecule has 3 saturated carbocycles. The van der Waals surface area contributed by atoms with Crippen molar-refractivity contribution in [2.45, 2.75) is 115 Å². The van der Waals surface area contributed by atoms with Gasteiger partial charge in [-0.3, -0.25) is 0 Å². The molecule has 4 rings (SSSR count). The van der Waals surface area contributed by atoms with Crippen molar-refractivity contribution >= 4 is 18.2 Å². The zero-order chi connectivity index (χ0) is 27.8. The molecule has 0 N–H and O–H groups in total. The molecule has 1 aromatic heterocycles. The van der Waals surface area contributed by atoms with Crippen LogP contribution in [0.5, 0.6) is 0 Å². The van der Waals surface area contributed by atoms with Gasteiger partial charge in [0.15, 0.2) is 0 Å². The summed E-state index contributed by atoms with van der Waals surface area (Å²) < 4.78 is 3.31. The Morgan fingerprint density at radius 3 is 1.00 bits per heavy atom. The molecule has 0 aromatic carbocycles. The van der Waals surface area contributed by atoms with Gasteiger partial charge in [0, 0.05) is 37.4 Å². The van der Waals surface area contributed by atoms with Gasteiger partial charge in [0.1, 0.15) is 0 Å². The SMILES string of the molecule is O=C=NC1CCCCC1Cn1c(=O)n(CC2CCCCC2N=C=O)c(=O)n(CC2CCCCC2N=C=O)c1=O. The van der Waals surface area contributed by atoms with E-state index in [-0.39, 0.29) is 55.5 Å². The second-order valence-corrected chi connectivity index (χ2v) is 11.2. The number of hydrogen-bond donors (Lipinski definition) is 0. The van der Waals surface area contributed by atoms with E-state index < -0.39 is 17.1 Å². The van der Waals surface area contributed by atoms with E-state index in [2.05, 4.69) is 15.0 Å². The molecule has 12 heteroatoms. The minimum atomic E-state index is -0.703. The summed E-state index contributed by atoms with van der Waals surface area (Å²) in [4.78, 5) is 86.1. The Kier molecular flexibility index (Phi) is 9.93. The minimum absolute atomic E-state index is 0.0367. The van der Waals surface area contributed by atoms with Gasteiger partial charge in [0.2, 0.25) is 18.2 Å². The van der Waals surface area contributed by atoms with Gasteiger partial charge in [-0.2, -0.15) is 0 Å². The molecule has 3 fully saturated rings. The van der Waals surface area contributed by atoms with Crippen LogP contribution >= 0.6 is 0 Å². The Labute approximate surface area is 225 Å². The van der Waals surface area contributed by atoms with Crippen molar-refractivity contribution in [3.63, 3.8) is 0 Å². The molecule has 0 radical (unpaired) electrons. The maximum atomic E-state index is 13.7. The lowest BCUT2D eigenvalue weighted by molar-refractivity contribution is 0.230. The molecule has 6 atom stereocenters. The Bertz CT molecular complexity index is 1150. The molecule has 0 bridgehead atoms. The number of hydrogen-bond acceptors (Lipinski definition) is 9. The van der Waals surface area contributed by atoms with Gasteiger partial charge in [-0.1, -0.05) is 38.5 Å². The van der Waals surface area contributed by atoms with Crippen molar-refractivity contribution in [2.75, 3.05) is 0 Å². The van der Waals surface area contributed by atoms with Crippen LogP contribution in [-0.4, -0.2) is 50.1 Å². The summed E-state index contributed by atoms with van der Waals surface area (Å²) in [6.07, 6.45) is 14.3. The van der Waals surface area contributed by atoms with Crippen LogP contribution in [0.25, 0.3) is 0 Å². The third-order valence-electron chi connectivity index (χ3n) is 8.90. The molecule has 39 heavy (non-hydrogen) atoms. The summed E-state index contributed by atoms with van der Waals surface area (Å²) in [6.45, 7) is 0.110. The van der Waals surface area contributed by atoms with Gasteiger partial charge in [-0.05, 0) is 38.5 Å². The first kappa shape index (κ1) is 28.6. The lowest BCUT2D eigenvalue weighted by Gasteiger charge is -2.31. The molecule has 0 saturated heterocycles. The minimum Gasteiger partial charge on any atom is -0.247 e. The largest absolute Gasteiger partial charge is 0.336 e. The fourth-order valence-corrected chi connectivity index (χ4v) is 6.77. The van der Waals surface area contributed by atoms with Crippen LogP contribution in [0.2, 0.25) is 0 Å². The Morgan fingerprint density at radius 2 is 0.744 bits per heavy atom. The average Bonchev–Trinajstić information content (AvgIpc) is 2.94. The highest BCUT2D eigenvalue weighted by atomic mass is 16.2. The van der Waals surface area contributed by atoms with Crippen LogP contribution in [0.15, 0.2) is 29.4 Å². The van der Waals surface area contributed by atoms with Gasteiger partial charge in [-0.15, -0.1) is 0 Å². The molecule has 12 nitrogen and oxygen atoms in total. The zero-order valence-corrected chi connectivity index (χ0v) is 22.2. The second-order valence-electron chi connectivity index (χ2n) is 11.2. The number of rotatable bonds is 9. The summed E-state index contributed by atoms with van der Waals surface area (Å²) in [5.74, 6) is -0.641. The van der Waals surface area contributed by atoms with Crippen LogP contribution in [-0.2, 0) is 34.0 Å². The molecule has 6 unspecified atom stereocenters. The molecular formula is C27H36N6O6. The van der Waals surface area contributed by atoms with Gasteiger partial charge < -0.3 is 0 Å². The van der Waals surface area contributed by atoms with Crippen molar-refractivity contribution < 1.29 is 14.4 Å². The lowest BCUT2D eigenvalue weighted by atomic mass is 9.84. The average molecular weight is 541 g/mol. The van der Waals surface area contributed by atoms with Gasteiger partial charge in [0.25, 0.3) is 0 Å². The first-order valence-corrected chi connectivity index (χ1v) is 14.1. The van der Waals surface area contributed by atoms with Gasteiger partial charge in [0.05, 0.1) is 18.1 Å². The van der Waals surface area contributed by atoms with E-state index in [0.717, 1.165) is 52.2 Å². The van der Waals surface area contributed by atoms with E-state index in [1.54, 1.807) is 18.2 Å². The highest BCUT2D eigenvalue weighted by Crippen LogP contribution is 2.30. The zero-order valence-electron chi connectivity index (χ0n) is 22.2. The van der Waals surface area contributed by atoms with E-state index >= 15 is 0 Å². The van der Waals surface area contributed by atoms with Crippen molar-refractivity contribution in [1.82, 2.24) is 13.7 Å². The summed E-state index contributed by atoms with van der Waals surface area (Å²) >= 11 is 0. The quantitative estimate of drug-likeness (QED) is 0.344. The fourth-order valence-electron chi connectivity index (χ4n) is 6.77. The smallest absolute Gasteiger partial charge is 0.247 e. The summed E-state index contributed by atoms with van der Waals surface area (Å²) in [6, 6.07) is -1.03. The van der Waals surface area contributed by atoms with E-state index in [9.17, 15) is 28.8 Å². The van der Waals surface area contributed by atoms with Crippen molar-refractivity contribution in [1.29, 1.82) is 0 Å². The first-order valence-electron chi connectivity index (χ1n) is 14.1. The van der Waals surface area contributed by atoms with Crippen LogP contribution < -0.4 is 17.1 Å². The predicted molar refractivity (Wildman–Crippen MR) is 141 cm³/mol. The van der Waals surface area contributed by atoms with Crippen molar-refractivity contribution in [2.24, 2.45) is 32.7 Å². The van der Waals surface area contributed by atoms with E-state index in [1.165, 1.54) is 0 Å². The number of isocyanates is 3. The highest BCUT2D eigenvalue weighted by molar-refractivity contribution is 5.34. The molecular weight excluding hydrogens is 504 g/mol. The van der Waals surface area contributed by atoms with Crippen molar-refractivity contribution in [3.8, 4) is 0 Å². The normalized spacial score (nSPS) is 28.9. The van der Waals surface area contributed by atoms with Crippen molar-refractivity contribution in [3.05, 3.63) is 31.5 Å². The molecule has 3 aliphatic carbocycles. The number of aromatic nitrogens is 3. The molecule has 0 amide bonds. The van der Waals surface area contributed by atoms with Crippen LogP contribution in [0, 0.1) is 17.8 Å². The van der Waals surface area contributed by atoms with E-state index in [1.807, 2.05) is 0 Å². The van der Waals surface area contributed by atoms with Crippen LogP contribution in [0.4, 0.5) is 0 Å². The molecule has 1 heterocycles. The standard InChI is InChI=1S/C27H36N6O6/c34-16-28-22-10-4-1-7-19(22)13-31-25(37)32(14-20-8-2-5-11-23(20)29-17-35)27(39)33(26(31)38)15-21-9-3-6-12-24(21)30-18-36/h19-24H,1-15H2. The summed E-state index contributed by atoms with van der Waals surface area (Å²) in [5.41, 5.74) is -2.11. The Hall–Kier alpha value is -3.45. The highest BCUT2D eigenvalue weighted by Gasteiger charge is 2.32. The van der Waals surface area contributed by atoms with Gasteiger partial charge >= 0.3 is 17.1 Å². The van der Waals surface area contributed by atoms with Crippen LogP contribution in [0.3, 0.4) is 0 Å². The monoisotopic (exact) mass is 540 g/mol. The lowest BCUT2D eigenvalue weighted by Crippen LogP contribution is -2.57.